The lowest BCUT2D eigenvalue weighted by atomic mass is 10.1. The summed E-state index contributed by atoms with van der Waals surface area (Å²) >= 11 is 0. The van der Waals surface area contributed by atoms with Crippen molar-refractivity contribution in [2.24, 2.45) is 0 Å². The number of esters is 1. The lowest BCUT2D eigenvalue weighted by molar-refractivity contribution is 0.0598. The maximum Gasteiger partial charge on any atom is 0.343 e. The molecule has 0 saturated heterocycles. The number of carbonyl (C=O) groups is 2. The van der Waals surface area contributed by atoms with Crippen molar-refractivity contribution in [1.29, 1.82) is 0 Å². The quantitative estimate of drug-likeness (QED) is 0.488. The summed E-state index contributed by atoms with van der Waals surface area (Å²) in [5.41, 5.74) is 0.723. The Morgan fingerprint density at radius 3 is 2.67 bits per heavy atom. The highest BCUT2D eigenvalue weighted by molar-refractivity contribution is 6.12. The predicted octanol–water partition coefficient (Wildman–Crippen LogP) is 3.05. The number of nitrogens with one attached hydrogen (secondary N) is 3. The van der Waals surface area contributed by atoms with Crippen molar-refractivity contribution in [3.8, 4) is 0 Å². The second-order valence-corrected chi connectivity index (χ2v) is 6.01. The zero-order valence-electron chi connectivity index (χ0n) is 14.3. The van der Waals surface area contributed by atoms with Crippen molar-refractivity contribution in [2.75, 3.05) is 12.4 Å². The van der Waals surface area contributed by atoms with Crippen LogP contribution in [0.2, 0.25) is 0 Å². The number of fused-ring (bicyclic) bond motifs is 3. The molecule has 2 aromatic heterocycles. The van der Waals surface area contributed by atoms with Gasteiger partial charge in [-0.15, -0.1) is 0 Å². The number of pyridine rings is 1. The molecule has 4 rings (SSSR count). The van der Waals surface area contributed by atoms with Gasteiger partial charge in [-0.05, 0) is 29.0 Å². The second kappa shape index (κ2) is 6.45. The van der Waals surface area contributed by atoms with Crippen LogP contribution in [0.3, 0.4) is 0 Å². The van der Waals surface area contributed by atoms with Gasteiger partial charge >= 0.3 is 5.97 Å². The molecular formula is C20H15N3O4. The number of aromatic amines is 2. The second-order valence-electron chi connectivity index (χ2n) is 6.01. The van der Waals surface area contributed by atoms with Crippen LogP contribution in [0.25, 0.3) is 21.7 Å². The highest BCUT2D eigenvalue weighted by Crippen LogP contribution is 2.26. The highest BCUT2D eigenvalue weighted by atomic mass is 16.5. The van der Waals surface area contributed by atoms with Gasteiger partial charge in [0.15, 0.2) is 0 Å². The minimum atomic E-state index is -0.774. The monoisotopic (exact) mass is 361 g/mol. The van der Waals surface area contributed by atoms with Crippen LogP contribution >= 0.6 is 0 Å². The van der Waals surface area contributed by atoms with E-state index in [4.69, 9.17) is 0 Å². The minimum Gasteiger partial charge on any atom is -0.465 e. The summed E-state index contributed by atoms with van der Waals surface area (Å²) < 4.78 is 4.56. The van der Waals surface area contributed by atoms with Crippen molar-refractivity contribution in [3.63, 3.8) is 0 Å². The molecule has 4 aromatic rings. The van der Waals surface area contributed by atoms with Gasteiger partial charge in [-0.3, -0.25) is 9.59 Å². The minimum absolute atomic E-state index is 0.182. The Morgan fingerprint density at radius 2 is 1.85 bits per heavy atom. The Balaban J connectivity index is 1.68. The highest BCUT2D eigenvalue weighted by Gasteiger charge is 2.15. The molecule has 0 radical (unpaired) electrons. The fraction of sp³-hybridized carbons (Fsp3) is 0.0500. The molecule has 7 heteroatoms. The first kappa shape index (κ1) is 16.6. The smallest absolute Gasteiger partial charge is 0.343 e. The number of H-pyrrole nitrogens is 2. The van der Waals surface area contributed by atoms with Gasteiger partial charge in [0, 0.05) is 17.1 Å². The van der Waals surface area contributed by atoms with Crippen molar-refractivity contribution in [3.05, 3.63) is 76.3 Å². The van der Waals surface area contributed by atoms with Gasteiger partial charge in [-0.25, -0.2) is 4.79 Å². The average molecular weight is 361 g/mol. The van der Waals surface area contributed by atoms with Gasteiger partial charge in [0.1, 0.15) is 11.3 Å². The van der Waals surface area contributed by atoms with Gasteiger partial charge in [0.2, 0.25) is 0 Å². The van der Waals surface area contributed by atoms with Crippen molar-refractivity contribution in [2.45, 2.75) is 0 Å². The first-order chi connectivity index (χ1) is 13.1. The molecule has 7 nitrogen and oxygen atoms in total. The van der Waals surface area contributed by atoms with Crippen LogP contribution in [0.4, 0.5) is 5.69 Å². The Morgan fingerprint density at radius 1 is 1.04 bits per heavy atom. The first-order valence-electron chi connectivity index (χ1n) is 8.19. The number of carbonyl (C=O) groups excluding carboxylic acids is 2. The largest absolute Gasteiger partial charge is 0.465 e. The van der Waals surface area contributed by atoms with E-state index in [1.165, 1.54) is 19.4 Å². The molecule has 134 valence electrons. The van der Waals surface area contributed by atoms with Crippen LogP contribution in [0.1, 0.15) is 20.8 Å². The Bertz CT molecular complexity index is 1250. The van der Waals surface area contributed by atoms with Crippen LogP contribution in [-0.2, 0) is 4.74 Å². The maximum absolute atomic E-state index is 12.6. The Kier molecular flexibility index (Phi) is 3.97. The van der Waals surface area contributed by atoms with E-state index in [-0.39, 0.29) is 11.3 Å². The number of rotatable bonds is 3. The Hall–Kier alpha value is -3.87. The molecule has 0 fully saturated rings. The number of anilines is 1. The fourth-order valence-corrected chi connectivity index (χ4v) is 3.02. The van der Waals surface area contributed by atoms with E-state index < -0.39 is 17.4 Å². The van der Waals surface area contributed by atoms with Gasteiger partial charge in [-0.2, -0.15) is 0 Å². The molecule has 2 heterocycles. The Labute approximate surface area is 153 Å². The number of benzene rings is 2. The molecule has 0 aliphatic heterocycles. The summed E-state index contributed by atoms with van der Waals surface area (Å²) in [4.78, 5) is 41.4. The number of ether oxygens (including phenoxy) is 1. The third-order valence-electron chi connectivity index (χ3n) is 4.34. The van der Waals surface area contributed by atoms with E-state index in [0.29, 0.717) is 5.69 Å². The molecule has 3 N–H and O–H groups in total. The molecule has 27 heavy (non-hydrogen) atoms. The van der Waals surface area contributed by atoms with E-state index in [0.717, 1.165) is 21.7 Å². The zero-order valence-corrected chi connectivity index (χ0v) is 14.3. The lowest BCUT2D eigenvalue weighted by Crippen LogP contribution is -2.20. The van der Waals surface area contributed by atoms with Crippen molar-refractivity contribution >= 4 is 39.2 Å². The summed E-state index contributed by atoms with van der Waals surface area (Å²) in [7, 11) is 1.18. The molecule has 0 saturated carbocycles. The van der Waals surface area contributed by atoms with E-state index >= 15 is 0 Å². The molecule has 0 aliphatic rings. The van der Waals surface area contributed by atoms with E-state index in [1.54, 1.807) is 6.07 Å². The van der Waals surface area contributed by atoms with Gasteiger partial charge in [0.05, 0.1) is 12.8 Å². The van der Waals surface area contributed by atoms with Crippen molar-refractivity contribution in [1.82, 2.24) is 9.97 Å². The van der Waals surface area contributed by atoms with Crippen LogP contribution in [0, 0.1) is 0 Å². The molecule has 1 amide bonds. The maximum atomic E-state index is 12.6. The summed E-state index contributed by atoms with van der Waals surface area (Å²) in [5.74, 6) is -1.16. The molecular weight excluding hydrogens is 346 g/mol. The molecule has 0 aliphatic carbocycles. The van der Waals surface area contributed by atoms with Crippen LogP contribution < -0.4 is 10.9 Å². The van der Waals surface area contributed by atoms with E-state index in [9.17, 15) is 14.4 Å². The molecule has 2 aromatic carbocycles. The third kappa shape index (κ3) is 2.95. The number of amides is 1. The molecule has 0 bridgehead atoms. The van der Waals surface area contributed by atoms with Gasteiger partial charge < -0.3 is 20.0 Å². The first-order valence-corrected chi connectivity index (χ1v) is 8.19. The summed E-state index contributed by atoms with van der Waals surface area (Å²) in [6.45, 7) is 0. The SMILES string of the molecule is COC(=O)c1cc(NC(=O)c2cc3c(ccc4ccccc43)[nH]2)c[nH]c1=O. The van der Waals surface area contributed by atoms with Gasteiger partial charge in [-0.1, -0.05) is 30.3 Å². The standard InChI is InChI=1S/C20H15N3O4/c1-27-20(26)15-8-12(10-21-18(15)24)22-19(25)17-9-14-13-5-3-2-4-11(13)6-7-16(14)23-17/h2-10,23H,1H3,(H,21,24)(H,22,25). The number of aromatic nitrogens is 2. The van der Waals surface area contributed by atoms with Gasteiger partial charge in [0.25, 0.3) is 11.5 Å². The molecule has 0 unspecified atom stereocenters. The average Bonchev–Trinajstić information content (AvgIpc) is 3.14. The molecule has 0 atom stereocenters. The fourth-order valence-electron chi connectivity index (χ4n) is 3.02. The lowest BCUT2D eigenvalue weighted by Gasteiger charge is -2.05. The third-order valence-corrected chi connectivity index (χ3v) is 4.34. The topological polar surface area (TPSA) is 104 Å². The zero-order chi connectivity index (χ0) is 19.0. The van der Waals surface area contributed by atoms with Crippen LogP contribution in [0.5, 0.6) is 0 Å². The number of methoxy groups -OCH3 is 1. The van der Waals surface area contributed by atoms with Crippen LogP contribution in [0.15, 0.2) is 59.5 Å². The van der Waals surface area contributed by atoms with E-state index in [1.807, 2.05) is 36.4 Å². The number of hydrogen-bond acceptors (Lipinski definition) is 4. The molecule has 0 spiro atoms. The summed E-state index contributed by atoms with van der Waals surface area (Å²) in [6, 6.07) is 14.9. The summed E-state index contributed by atoms with van der Waals surface area (Å²) in [6.07, 6.45) is 1.32. The number of hydrogen-bond donors (Lipinski definition) is 3. The summed E-state index contributed by atoms with van der Waals surface area (Å²) in [5, 5.41) is 5.73. The van der Waals surface area contributed by atoms with Crippen molar-refractivity contribution < 1.29 is 14.3 Å². The normalized spacial score (nSPS) is 10.9. The predicted molar refractivity (Wildman–Crippen MR) is 102 cm³/mol. The van der Waals surface area contributed by atoms with Crippen LogP contribution in [-0.4, -0.2) is 29.0 Å². The van der Waals surface area contributed by atoms with E-state index in [2.05, 4.69) is 20.0 Å².